The molecular weight excluding hydrogens is 232 g/mol. The minimum atomic E-state index is 0.258. The van der Waals surface area contributed by atoms with Crippen LogP contribution in [0.25, 0.3) is 0 Å². The molecule has 0 unspecified atom stereocenters. The lowest BCUT2D eigenvalue weighted by molar-refractivity contribution is 0.0949. The van der Waals surface area contributed by atoms with E-state index < -0.39 is 0 Å². The van der Waals surface area contributed by atoms with Gasteiger partial charge in [0.05, 0.1) is 13.2 Å². The fourth-order valence-corrected chi connectivity index (χ4v) is 4.12. The van der Waals surface area contributed by atoms with Crippen molar-refractivity contribution in [2.24, 2.45) is 5.92 Å². The van der Waals surface area contributed by atoms with E-state index in [1.165, 1.54) is 11.1 Å². The number of fused-ring (bicyclic) bond motifs is 2. The van der Waals surface area contributed by atoms with Crippen LogP contribution < -0.4 is 0 Å². The van der Waals surface area contributed by atoms with Crippen molar-refractivity contribution in [2.45, 2.75) is 64.9 Å². The molecule has 1 aliphatic carbocycles. The Hall–Kier alpha value is -0.820. The topological polar surface area (TPSA) is 9.23 Å². The Kier molecular flexibility index (Phi) is 2.67. The molecule has 1 heterocycles. The third-order valence-electron chi connectivity index (χ3n) is 5.99. The normalized spacial score (nSPS) is 30.8. The van der Waals surface area contributed by atoms with E-state index in [1.807, 2.05) is 0 Å². The molecule has 1 heteroatoms. The van der Waals surface area contributed by atoms with Crippen LogP contribution in [0.3, 0.4) is 0 Å². The molecule has 2 atom stereocenters. The molecule has 0 spiro atoms. The molecule has 0 fully saturated rings. The summed E-state index contributed by atoms with van der Waals surface area (Å²) in [5.74, 6) is 1.19. The molecular formula is C18H26O. The van der Waals surface area contributed by atoms with E-state index >= 15 is 0 Å². The average Bonchev–Trinajstić information content (AvgIpc) is 2.48. The van der Waals surface area contributed by atoms with Crippen LogP contribution >= 0.6 is 0 Å². The van der Waals surface area contributed by atoms with Gasteiger partial charge in [-0.1, -0.05) is 53.7 Å². The number of hydrogen-bond donors (Lipinski definition) is 0. The van der Waals surface area contributed by atoms with Crippen molar-refractivity contribution >= 4 is 0 Å². The standard InChI is InChI=1S/C18H26O/c1-11-9-19-10-13-7-15-16(8-14(11)13)18(5,6)12(2)17(15,3)4/h7-8,11-12H,9-10H2,1-6H3/t11-,12+/m1/s1. The SMILES string of the molecule is C[C@H]1C(C)(C)c2cc3c(cc2C1(C)C)[C@H](C)COC3. The first-order valence-electron chi connectivity index (χ1n) is 7.51. The zero-order chi connectivity index (χ0) is 14.0. The molecule has 1 aliphatic heterocycles. The highest BCUT2D eigenvalue weighted by Gasteiger charge is 2.48. The summed E-state index contributed by atoms with van der Waals surface area (Å²) < 4.78 is 5.71. The Morgan fingerprint density at radius 3 is 2.21 bits per heavy atom. The molecule has 104 valence electrons. The van der Waals surface area contributed by atoms with Crippen LogP contribution in [0.2, 0.25) is 0 Å². The Balaban J connectivity index is 2.25. The van der Waals surface area contributed by atoms with Crippen molar-refractivity contribution < 1.29 is 4.74 Å². The van der Waals surface area contributed by atoms with E-state index in [0.29, 0.717) is 11.8 Å². The average molecular weight is 258 g/mol. The first kappa shape index (κ1) is 13.2. The summed E-state index contributed by atoms with van der Waals surface area (Å²) in [5, 5.41) is 0. The summed E-state index contributed by atoms with van der Waals surface area (Å²) in [5.41, 5.74) is 6.57. The van der Waals surface area contributed by atoms with Gasteiger partial charge in [0.1, 0.15) is 0 Å². The van der Waals surface area contributed by atoms with Gasteiger partial charge in [0, 0.05) is 5.92 Å². The maximum atomic E-state index is 5.71. The molecule has 0 N–H and O–H groups in total. The maximum Gasteiger partial charge on any atom is 0.0720 e. The molecule has 0 bridgehead atoms. The minimum Gasteiger partial charge on any atom is -0.376 e. The molecule has 0 aromatic heterocycles. The van der Waals surface area contributed by atoms with E-state index in [-0.39, 0.29) is 10.8 Å². The van der Waals surface area contributed by atoms with Gasteiger partial charge >= 0.3 is 0 Å². The van der Waals surface area contributed by atoms with E-state index in [9.17, 15) is 0 Å². The van der Waals surface area contributed by atoms with Crippen LogP contribution in [-0.2, 0) is 22.2 Å². The predicted octanol–water partition coefficient (Wildman–Crippen LogP) is 4.53. The van der Waals surface area contributed by atoms with Crippen LogP contribution in [0.4, 0.5) is 0 Å². The molecule has 0 radical (unpaired) electrons. The van der Waals surface area contributed by atoms with Gasteiger partial charge in [0.2, 0.25) is 0 Å². The van der Waals surface area contributed by atoms with Gasteiger partial charge in [-0.25, -0.2) is 0 Å². The van der Waals surface area contributed by atoms with Crippen LogP contribution in [0.15, 0.2) is 12.1 Å². The fourth-order valence-electron chi connectivity index (χ4n) is 4.12. The highest BCUT2D eigenvalue weighted by Crippen LogP contribution is 2.54. The van der Waals surface area contributed by atoms with Crippen LogP contribution in [-0.4, -0.2) is 6.61 Å². The van der Waals surface area contributed by atoms with Crippen molar-refractivity contribution in [3.63, 3.8) is 0 Å². The highest BCUT2D eigenvalue weighted by atomic mass is 16.5. The Labute approximate surface area is 117 Å². The van der Waals surface area contributed by atoms with Gasteiger partial charge < -0.3 is 4.74 Å². The van der Waals surface area contributed by atoms with Crippen molar-refractivity contribution in [1.82, 2.24) is 0 Å². The van der Waals surface area contributed by atoms with Crippen LogP contribution in [0.1, 0.15) is 69.7 Å². The summed E-state index contributed by atoms with van der Waals surface area (Å²) in [6.45, 7) is 15.9. The first-order valence-corrected chi connectivity index (χ1v) is 7.51. The van der Waals surface area contributed by atoms with Crippen molar-refractivity contribution in [2.75, 3.05) is 6.61 Å². The lowest BCUT2D eigenvalue weighted by Crippen LogP contribution is -2.30. The van der Waals surface area contributed by atoms with E-state index in [4.69, 9.17) is 4.74 Å². The molecule has 1 aromatic rings. The molecule has 1 nitrogen and oxygen atoms in total. The highest BCUT2D eigenvalue weighted by molar-refractivity contribution is 5.51. The maximum absolute atomic E-state index is 5.71. The van der Waals surface area contributed by atoms with Crippen molar-refractivity contribution in [3.05, 3.63) is 34.4 Å². The van der Waals surface area contributed by atoms with E-state index in [2.05, 4.69) is 53.7 Å². The number of benzene rings is 1. The molecule has 0 amide bonds. The second-order valence-electron chi connectivity index (χ2n) is 7.68. The van der Waals surface area contributed by atoms with Crippen LogP contribution in [0.5, 0.6) is 0 Å². The zero-order valence-corrected chi connectivity index (χ0v) is 13.1. The second kappa shape index (κ2) is 3.85. The molecule has 0 saturated heterocycles. The lowest BCUT2D eigenvalue weighted by Gasteiger charge is -2.32. The zero-order valence-electron chi connectivity index (χ0n) is 13.1. The molecule has 3 rings (SSSR count). The lowest BCUT2D eigenvalue weighted by atomic mass is 9.71. The quantitative estimate of drug-likeness (QED) is 0.664. The van der Waals surface area contributed by atoms with Gasteiger partial charge in [-0.3, -0.25) is 0 Å². The number of hydrogen-bond acceptors (Lipinski definition) is 1. The summed E-state index contributed by atoms with van der Waals surface area (Å²) in [6.07, 6.45) is 0. The molecule has 19 heavy (non-hydrogen) atoms. The second-order valence-corrected chi connectivity index (χ2v) is 7.68. The number of rotatable bonds is 0. The van der Waals surface area contributed by atoms with Gasteiger partial charge in [-0.05, 0) is 39.0 Å². The fraction of sp³-hybridized carbons (Fsp3) is 0.667. The summed E-state index contributed by atoms with van der Waals surface area (Å²) >= 11 is 0. The summed E-state index contributed by atoms with van der Waals surface area (Å²) in [6, 6.07) is 4.93. The minimum absolute atomic E-state index is 0.258. The van der Waals surface area contributed by atoms with Crippen molar-refractivity contribution in [3.8, 4) is 0 Å². The Bertz CT molecular complexity index is 525. The predicted molar refractivity (Wildman–Crippen MR) is 79.7 cm³/mol. The van der Waals surface area contributed by atoms with Gasteiger partial charge in [-0.2, -0.15) is 0 Å². The van der Waals surface area contributed by atoms with Gasteiger partial charge in [0.15, 0.2) is 0 Å². The van der Waals surface area contributed by atoms with E-state index in [1.54, 1.807) is 11.1 Å². The third-order valence-corrected chi connectivity index (χ3v) is 5.99. The van der Waals surface area contributed by atoms with Crippen LogP contribution in [0, 0.1) is 5.92 Å². The molecule has 1 aromatic carbocycles. The summed E-state index contributed by atoms with van der Waals surface area (Å²) in [4.78, 5) is 0. The Morgan fingerprint density at radius 2 is 1.58 bits per heavy atom. The first-order chi connectivity index (χ1) is 8.76. The number of ether oxygens (including phenoxy) is 1. The third kappa shape index (κ3) is 1.64. The molecule has 2 aliphatic rings. The smallest absolute Gasteiger partial charge is 0.0720 e. The monoisotopic (exact) mass is 258 g/mol. The van der Waals surface area contributed by atoms with Gasteiger partial charge in [0.25, 0.3) is 0 Å². The largest absolute Gasteiger partial charge is 0.376 e. The van der Waals surface area contributed by atoms with Gasteiger partial charge in [-0.15, -0.1) is 0 Å². The van der Waals surface area contributed by atoms with E-state index in [0.717, 1.165) is 13.2 Å². The Morgan fingerprint density at radius 1 is 1.00 bits per heavy atom. The molecule has 0 saturated carbocycles. The van der Waals surface area contributed by atoms with Crippen molar-refractivity contribution in [1.29, 1.82) is 0 Å². The summed E-state index contributed by atoms with van der Waals surface area (Å²) in [7, 11) is 0.